The van der Waals surface area contributed by atoms with Gasteiger partial charge in [-0.2, -0.15) is 0 Å². The number of benzene rings is 2. The molecular weight excluding hydrogens is 480 g/mol. The van der Waals surface area contributed by atoms with E-state index in [-0.39, 0.29) is 17.6 Å². The number of hydrogen-bond donors (Lipinski definition) is 2. The Labute approximate surface area is 227 Å². The molecule has 1 aliphatic carbocycles. The third-order valence-electron chi connectivity index (χ3n) is 6.97. The van der Waals surface area contributed by atoms with E-state index in [0.717, 1.165) is 42.5 Å². The molecule has 3 rings (SSSR count). The van der Waals surface area contributed by atoms with Gasteiger partial charge < -0.3 is 24.8 Å². The van der Waals surface area contributed by atoms with E-state index in [1.165, 1.54) is 0 Å². The van der Waals surface area contributed by atoms with Crippen molar-refractivity contribution in [2.45, 2.75) is 73.0 Å². The van der Waals surface area contributed by atoms with Crippen LogP contribution in [0.5, 0.6) is 0 Å². The number of aryl methyl sites for hydroxylation is 2. The first kappa shape index (κ1) is 29.7. The van der Waals surface area contributed by atoms with E-state index in [4.69, 9.17) is 9.47 Å². The maximum absolute atomic E-state index is 13.1. The highest BCUT2D eigenvalue weighted by Crippen LogP contribution is 2.27. The van der Waals surface area contributed by atoms with E-state index < -0.39 is 5.97 Å². The maximum Gasteiger partial charge on any atom is 0.336 e. The summed E-state index contributed by atoms with van der Waals surface area (Å²) >= 11 is 0. The molecule has 7 heteroatoms. The van der Waals surface area contributed by atoms with Gasteiger partial charge in [0, 0.05) is 25.4 Å². The van der Waals surface area contributed by atoms with Gasteiger partial charge in [0.05, 0.1) is 24.9 Å². The number of nitrogens with one attached hydrogen (secondary N) is 1. The van der Waals surface area contributed by atoms with Gasteiger partial charge in [-0.25, -0.2) is 9.59 Å². The van der Waals surface area contributed by atoms with Crippen LogP contribution in [0.3, 0.4) is 0 Å². The highest BCUT2D eigenvalue weighted by Gasteiger charge is 2.25. The summed E-state index contributed by atoms with van der Waals surface area (Å²) < 4.78 is 12.2. The number of ether oxygens (including phenoxy) is 2. The first-order chi connectivity index (χ1) is 18.0. The summed E-state index contributed by atoms with van der Waals surface area (Å²) in [6.45, 7) is 12.7. The Balaban J connectivity index is 1.48. The van der Waals surface area contributed by atoms with E-state index in [2.05, 4.69) is 26.1 Å². The average molecular weight is 525 g/mol. The summed E-state index contributed by atoms with van der Waals surface area (Å²) in [4.78, 5) is 26.6. The van der Waals surface area contributed by atoms with Gasteiger partial charge in [-0.05, 0) is 67.2 Å². The molecule has 1 fully saturated rings. The van der Waals surface area contributed by atoms with E-state index >= 15 is 0 Å². The standard InChI is InChI=1S/C31H44N2O5/c1-22-10-6-7-15-27(22)32-30(36)33(21-31(3,4)5)16-17-38-26-14-9-12-24(18-26)19-37-20-25-13-8-11-23(2)28(25)29(34)35/h6-8,10-11,13,15,24,26H,9,12,14,16-21H2,1-5H3,(H,32,36)(H,34,35)/t24?,26-/m0/s1. The van der Waals surface area contributed by atoms with Crippen LogP contribution in [0.2, 0.25) is 0 Å². The molecule has 1 unspecified atom stereocenters. The number of carbonyl (C=O) groups is 2. The van der Waals surface area contributed by atoms with Crippen LogP contribution in [0, 0.1) is 25.2 Å². The van der Waals surface area contributed by atoms with Gasteiger partial charge in [0.25, 0.3) is 0 Å². The quantitative estimate of drug-likeness (QED) is 0.343. The van der Waals surface area contributed by atoms with Crippen LogP contribution < -0.4 is 5.32 Å². The predicted octanol–water partition coefficient (Wildman–Crippen LogP) is 6.67. The number of anilines is 1. The number of nitrogens with zero attached hydrogens (tertiary/aromatic N) is 1. The van der Waals surface area contributed by atoms with Crippen molar-refractivity contribution < 1.29 is 24.2 Å². The molecule has 0 aromatic heterocycles. The maximum atomic E-state index is 13.1. The molecule has 0 saturated heterocycles. The minimum Gasteiger partial charge on any atom is -0.478 e. The molecule has 208 valence electrons. The predicted molar refractivity (Wildman–Crippen MR) is 151 cm³/mol. The van der Waals surface area contributed by atoms with E-state index in [0.29, 0.717) is 50.0 Å². The number of amides is 2. The fourth-order valence-electron chi connectivity index (χ4n) is 5.10. The van der Waals surface area contributed by atoms with Crippen molar-refractivity contribution in [1.29, 1.82) is 0 Å². The smallest absolute Gasteiger partial charge is 0.336 e. The molecule has 0 spiro atoms. The van der Waals surface area contributed by atoms with Crippen LogP contribution in [-0.4, -0.2) is 54.4 Å². The van der Waals surface area contributed by atoms with Crippen molar-refractivity contribution >= 4 is 17.7 Å². The van der Waals surface area contributed by atoms with Gasteiger partial charge in [0.15, 0.2) is 0 Å². The van der Waals surface area contributed by atoms with Crippen LogP contribution in [-0.2, 0) is 16.1 Å². The molecule has 0 aliphatic heterocycles. The van der Waals surface area contributed by atoms with Gasteiger partial charge in [0.2, 0.25) is 0 Å². The van der Waals surface area contributed by atoms with Crippen molar-refractivity contribution in [2.24, 2.45) is 11.3 Å². The summed E-state index contributed by atoms with van der Waals surface area (Å²) in [6.07, 6.45) is 4.21. The van der Waals surface area contributed by atoms with Crippen LogP contribution in [0.1, 0.15) is 73.5 Å². The lowest BCUT2D eigenvalue weighted by atomic mass is 9.88. The molecule has 2 atom stereocenters. The Morgan fingerprint density at radius 2 is 1.79 bits per heavy atom. The van der Waals surface area contributed by atoms with Gasteiger partial charge in [-0.1, -0.05) is 63.6 Å². The first-order valence-corrected chi connectivity index (χ1v) is 13.7. The number of carboxylic acid groups (broad SMARTS) is 1. The molecule has 7 nitrogen and oxygen atoms in total. The lowest BCUT2D eigenvalue weighted by molar-refractivity contribution is -0.0148. The minimum absolute atomic E-state index is 0.0336. The fraction of sp³-hybridized carbons (Fsp3) is 0.548. The SMILES string of the molecule is Cc1ccccc1NC(=O)N(CCO[C@H]1CCCC(COCc2cccc(C)c2C(=O)O)C1)CC(C)(C)C. The van der Waals surface area contributed by atoms with E-state index in [1.807, 2.05) is 61.2 Å². The number of aromatic carboxylic acids is 1. The largest absolute Gasteiger partial charge is 0.478 e. The molecule has 2 aromatic rings. The average Bonchev–Trinajstić information content (AvgIpc) is 2.84. The second-order valence-corrected chi connectivity index (χ2v) is 11.7. The Hall–Kier alpha value is -2.90. The van der Waals surface area contributed by atoms with Crippen LogP contribution in [0.4, 0.5) is 10.5 Å². The van der Waals surface area contributed by atoms with Crippen molar-refractivity contribution in [2.75, 3.05) is 31.6 Å². The van der Waals surface area contributed by atoms with Gasteiger partial charge in [-0.15, -0.1) is 0 Å². The highest BCUT2D eigenvalue weighted by atomic mass is 16.5. The monoisotopic (exact) mass is 524 g/mol. The number of hydrogen-bond acceptors (Lipinski definition) is 4. The van der Waals surface area contributed by atoms with E-state index in [9.17, 15) is 14.7 Å². The third-order valence-corrected chi connectivity index (χ3v) is 6.97. The second-order valence-electron chi connectivity index (χ2n) is 11.7. The summed E-state index contributed by atoms with van der Waals surface area (Å²) in [7, 11) is 0. The number of carbonyl (C=O) groups excluding carboxylic acids is 1. The molecule has 1 aliphatic rings. The molecular formula is C31H44N2O5. The first-order valence-electron chi connectivity index (χ1n) is 13.7. The molecule has 0 heterocycles. The molecule has 1 saturated carbocycles. The van der Waals surface area contributed by atoms with Crippen molar-refractivity contribution in [3.63, 3.8) is 0 Å². The Kier molecular flexibility index (Phi) is 10.7. The van der Waals surface area contributed by atoms with Gasteiger partial charge in [0.1, 0.15) is 0 Å². The molecule has 2 N–H and O–H groups in total. The van der Waals surface area contributed by atoms with Crippen molar-refractivity contribution in [3.05, 3.63) is 64.7 Å². The zero-order valence-electron chi connectivity index (χ0n) is 23.6. The summed E-state index contributed by atoms with van der Waals surface area (Å²) in [5.74, 6) is -0.539. The van der Waals surface area contributed by atoms with Gasteiger partial charge in [-0.3, -0.25) is 0 Å². The Bertz CT molecular complexity index is 1080. The number of rotatable bonds is 11. The van der Waals surface area contributed by atoms with Crippen molar-refractivity contribution in [3.8, 4) is 0 Å². The molecule has 0 radical (unpaired) electrons. The Morgan fingerprint density at radius 1 is 1.05 bits per heavy atom. The third kappa shape index (κ3) is 9.14. The zero-order chi connectivity index (χ0) is 27.7. The highest BCUT2D eigenvalue weighted by molar-refractivity contribution is 5.91. The molecule has 2 amide bonds. The van der Waals surface area contributed by atoms with Gasteiger partial charge >= 0.3 is 12.0 Å². The van der Waals surface area contributed by atoms with E-state index in [1.54, 1.807) is 0 Å². The number of para-hydroxylation sites is 1. The molecule has 38 heavy (non-hydrogen) atoms. The summed E-state index contributed by atoms with van der Waals surface area (Å²) in [5.41, 5.74) is 3.62. The Morgan fingerprint density at radius 3 is 2.50 bits per heavy atom. The fourth-order valence-corrected chi connectivity index (χ4v) is 5.10. The lowest BCUT2D eigenvalue weighted by Gasteiger charge is -2.32. The zero-order valence-corrected chi connectivity index (χ0v) is 23.6. The van der Waals surface area contributed by atoms with Crippen LogP contribution >= 0.6 is 0 Å². The normalized spacial score (nSPS) is 17.7. The number of carboxylic acids is 1. The number of urea groups is 1. The lowest BCUT2D eigenvalue weighted by Crippen LogP contribution is -2.43. The van der Waals surface area contributed by atoms with Crippen molar-refractivity contribution in [1.82, 2.24) is 4.90 Å². The molecule has 2 aromatic carbocycles. The van der Waals surface area contributed by atoms with Crippen LogP contribution in [0.25, 0.3) is 0 Å². The topological polar surface area (TPSA) is 88.1 Å². The molecule has 0 bridgehead atoms. The van der Waals surface area contributed by atoms with Crippen LogP contribution in [0.15, 0.2) is 42.5 Å². The summed E-state index contributed by atoms with van der Waals surface area (Å²) in [5, 5.41) is 12.6. The second kappa shape index (κ2) is 13.8. The minimum atomic E-state index is -0.916. The summed E-state index contributed by atoms with van der Waals surface area (Å²) in [6, 6.07) is 13.2.